The molecule has 0 spiro atoms. The Morgan fingerprint density at radius 1 is 1.00 bits per heavy atom. The second kappa shape index (κ2) is 8.29. The zero-order chi connectivity index (χ0) is 18.4. The van der Waals surface area contributed by atoms with Gasteiger partial charge in [-0.15, -0.1) is 0 Å². The number of nitrogens with one attached hydrogen (secondary N) is 2. The smallest absolute Gasteiger partial charge is 0.225 e. The molecule has 2 N–H and O–H groups in total. The molecule has 3 aromatic rings. The normalized spacial score (nSPS) is 10.6. The zero-order valence-corrected chi connectivity index (χ0v) is 15.2. The lowest BCUT2D eigenvalue weighted by molar-refractivity contribution is 0.242. The Kier molecular flexibility index (Phi) is 5.63. The standard InChI is InChI=1S/C20H23N5O/c1-14(2)26-18-6-4-17(5-7-18)24-19-12-15(3)23-20(25-19)22-13-16-8-10-21-11-9-16/h4-12,14H,13H2,1-3H3,(H2,22,23,24,25). The number of hydrogen-bond donors (Lipinski definition) is 2. The van der Waals surface area contributed by atoms with Crippen LogP contribution in [0.3, 0.4) is 0 Å². The maximum Gasteiger partial charge on any atom is 0.225 e. The van der Waals surface area contributed by atoms with Gasteiger partial charge in [-0.1, -0.05) is 0 Å². The first-order valence-electron chi connectivity index (χ1n) is 8.61. The lowest BCUT2D eigenvalue weighted by Gasteiger charge is -2.12. The van der Waals surface area contributed by atoms with Gasteiger partial charge in [0.05, 0.1) is 6.10 Å². The van der Waals surface area contributed by atoms with Crippen LogP contribution in [0.1, 0.15) is 25.1 Å². The third-order valence-corrected chi connectivity index (χ3v) is 3.55. The molecule has 0 aliphatic heterocycles. The molecular weight excluding hydrogens is 326 g/mol. The van der Waals surface area contributed by atoms with Crippen molar-refractivity contribution in [3.8, 4) is 5.75 Å². The Morgan fingerprint density at radius 2 is 1.73 bits per heavy atom. The summed E-state index contributed by atoms with van der Waals surface area (Å²) in [6.07, 6.45) is 3.70. The molecule has 6 heteroatoms. The highest BCUT2D eigenvalue weighted by molar-refractivity contribution is 5.58. The van der Waals surface area contributed by atoms with Crippen molar-refractivity contribution in [1.29, 1.82) is 0 Å². The predicted octanol–water partition coefficient (Wildman–Crippen LogP) is 4.32. The molecule has 134 valence electrons. The predicted molar refractivity (Wildman–Crippen MR) is 104 cm³/mol. The molecule has 0 atom stereocenters. The lowest BCUT2D eigenvalue weighted by Crippen LogP contribution is -2.07. The van der Waals surface area contributed by atoms with Crippen LogP contribution >= 0.6 is 0 Å². The molecule has 2 aromatic heterocycles. The second-order valence-electron chi connectivity index (χ2n) is 6.24. The summed E-state index contributed by atoms with van der Waals surface area (Å²) in [5.74, 6) is 2.18. The molecule has 0 saturated heterocycles. The van der Waals surface area contributed by atoms with Crippen molar-refractivity contribution in [3.63, 3.8) is 0 Å². The molecule has 0 aliphatic carbocycles. The van der Waals surface area contributed by atoms with Gasteiger partial charge in [0.2, 0.25) is 5.95 Å². The summed E-state index contributed by atoms with van der Waals surface area (Å²) in [6, 6.07) is 13.7. The third kappa shape index (κ3) is 5.17. The average molecular weight is 349 g/mol. The summed E-state index contributed by atoms with van der Waals surface area (Å²) in [6.45, 7) is 6.61. The average Bonchev–Trinajstić information content (AvgIpc) is 2.62. The van der Waals surface area contributed by atoms with Gasteiger partial charge in [0, 0.05) is 36.4 Å². The summed E-state index contributed by atoms with van der Waals surface area (Å²) in [7, 11) is 0. The van der Waals surface area contributed by atoms with Gasteiger partial charge in [-0.25, -0.2) is 4.98 Å². The Bertz CT molecular complexity index is 835. The van der Waals surface area contributed by atoms with Gasteiger partial charge in [0.1, 0.15) is 11.6 Å². The quantitative estimate of drug-likeness (QED) is 0.662. The van der Waals surface area contributed by atoms with Crippen LogP contribution in [0.4, 0.5) is 17.5 Å². The fourth-order valence-corrected chi connectivity index (χ4v) is 2.43. The van der Waals surface area contributed by atoms with Crippen molar-refractivity contribution >= 4 is 17.5 Å². The molecule has 0 saturated carbocycles. The molecular formula is C20H23N5O. The molecule has 2 heterocycles. The van der Waals surface area contributed by atoms with Gasteiger partial charge in [0.25, 0.3) is 0 Å². The highest BCUT2D eigenvalue weighted by atomic mass is 16.5. The molecule has 1 aromatic carbocycles. The van der Waals surface area contributed by atoms with Gasteiger partial charge in [-0.2, -0.15) is 4.98 Å². The van der Waals surface area contributed by atoms with E-state index in [1.165, 1.54) is 0 Å². The molecule has 6 nitrogen and oxygen atoms in total. The number of rotatable bonds is 7. The minimum atomic E-state index is 0.160. The number of ether oxygens (including phenoxy) is 1. The summed E-state index contributed by atoms with van der Waals surface area (Å²) >= 11 is 0. The van der Waals surface area contributed by atoms with Gasteiger partial charge < -0.3 is 15.4 Å². The fourth-order valence-electron chi connectivity index (χ4n) is 2.43. The van der Waals surface area contributed by atoms with Crippen molar-refractivity contribution in [1.82, 2.24) is 15.0 Å². The van der Waals surface area contributed by atoms with E-state index in [0.717, 1.165) is 28.5 Å². The van der Waals surface area contributed by atoms with E-state index in [-0.39, 0.29) is 6.10 Å². The highest BCUT2D eigenvalue weighted by Gasteiger charge is 2.04. The van der Waals surface area contributed by atoms with Crippen LogP contribution < -0.4 is 15.4 Å². The molecule has 26 heavy (non-hydrogen) atoms. The Morgan fingerprint density at radius 3 is 2.42 bits per heavy atom. The molecule has 0 amide bonds. The Balaban J connectivity index is 1.67. The van der Waals surface area contributed by atoms with E-state index < -0.39 is 0 Å². The summed E-state index contributed by atoms with van der Waals surface area (Å²) in [5.41, 5.74) is 2.96. The molecule has 0 bridgehead atoms. The maximum atomic E-state index is 5.66. The summed E-state index contributed by atoms with van der Waals surface area (Å²) in [4.78, 5) is 13.0. The SMILES string of the molecule is Cc1cc(Nc2ccc(OC(C)C)cc2)nc(NCc2ccncc2)n1. The molecule has 0 aliphatic rings. The van der Waals surface area contributed by atoms with Crippen molar-refractivity contribution in [2.75, 3.05) is 10.6 Å². The molecule has 0 unspecified atom stereocenters. The van der Waals surface area contributed by atoms with E-state index in [1.807, 2.05) is 63.2 Å². The van der Waals surface area contributed by atoms with Crippen LogP contribution in [0.15, 0.2) is 54.9 Å². The van der Waals surface area contributed by atoms with Gasteiger partial charge >= 0.3 is 0 Å². The van der Waals surface area contributed by atoms with E-state index in [4.69, 9.17) is 4.74 Å². The van der Waals surface area contributed by atoms with Crippen LogP contribution in [0.5, 0.6) is 5.75 Å². The van der Waals surface area contributed by atoms with Gasteiger partial charge in [0.15, 0.2) is 0 Å². The van der Waals surface area contributed by atoms with Crippen molar-refractivity contribution in [2.24, 2.45) is 0 Å². The van der Waals surface area contributed by atoms with E-state index in [9.17, 15) is 0 Å². The zero-order valence-electron chi connectivity index (χ0n) is 15.2. The van der Waals surface area contributed by atoms with Crippen molar-refractivity contribution in [3.05, 3.63) is 66.1 Å². The first kappa shape index (κ1) is 17.7. The van der Waals surface area contributed by atoms with E-state index >= 15 is 0 Å². The van der Waals surface area contributed by atoms with E-state index in [2.05, 4.69) is 25.6 Å². The molecule has 0 radical (unpaired) electrons. The number of aromatic nitrogens is 3. The number of nitrogens with zero attached hydrogens (tertiary/aromatic N) is 3. The van der Waals surface area contributed by atoms with Gasteiger partial charge in [-0.05, 0) is 62.7 Å². The largest absolute Gasteiger partial charge is 0.491 e. The van der Waals surface area contributed by atoms with Crippen LogP contribution in [0, 0.1) is 6.92 Å². The second-order valence-corrected chi connectivity index (χ2v) is 6.24. The number of aryl methyl sites for hydroxylation is 1. The monoisotopic (exact) mass is 349 g/mol. The van der Waals surface area contributed by atoms with E-state index in [0.29, 0.717) is 12.5 Å². The molecule has 0 fully saturated rings. The number of pyridine rings is 1. The first-order valence-corrected chi connectivity index (χ1v) is 8.61. The van der Waals surface area contributed by atoms with Crippen LogP contribution in [0.2, 0.25) is 0 Å². The fraction of sp³-hybridized carbons (Fsp3) is 0.250. The Labute approximate surface area is 153 Å². The third-order valence-electron chi connectivity index (χ3n) is 3.55. The van der Waals surface area contributed by atoms with E-state index in [1.54, 1.807) is 12.4 Å². The van der Waals surface area contributed by atoms with Crippen LogP contribution in [-0.2, 0) is 6.54 Å². The van der Waals surface area contributed by atoms with Crippen LogP contribution in [-0.4, -0.2) is 21.1 Å². The minimum absolute atomic E-state index is 0.160. The summed E-state index contributed by atoms with van der Waals surface area (Å²) < 4.78 is 5.66. The Hall–Kier alpha value is -3.15. The number of benzene rings is 1. The minimum Gasteiger partial charge on any atom is -0.491 e. The van der Waals surface area contributed by atoms with Gasteiger partial charge in [-0.3, -0.25) is 4.98 Å². The summed E-state index contributed by atoms with van der Waals surface area (Å²) in [5, 5.41) is 6.56. The molecule has 3 rings (SSSR count). The highest BCUT2D eigenvalue weighted by Crippen LogP contribution is 2.21. The number of hydrogen-bond acceptors (Lipinski definition) is 6. The van der Waals surface area contributed by atoms with Crippen LogP contribution in [0.25, 0.3) is 0 Å². The lowest BCUT2D eigenvalue weighted by atomic mass is 10.3. The van der Waals surface area contributed by atoms with Crippen molar-refractivity contribution < 1.29 is 4.74 Å². The number of anilines is 3. The maximum absolute atomic E-state index is 5.66. The topological polar surface area (TPSA) is 72.0 Å². The van der Waals surface area contributed by atoms with Crippen molar-refractivity contribution in [2.45, 2.75) is 33.4 Å². The first-order chi connectivity index (χ1) is 12.6.